The molecule has 2 rings (SSSR count). The van der Waals surface area contributed by atoms with Crippen LogP contribution < -0.4 is 10.5 Å². The van der Waals surface area contributed by atoms with Gasteiger partial charge in [-0.2, -0.15) is 0 Å². The van der Waals surface area contributed by atoms with Gasteiger partial charge >= 0.3 is 5.97 Å². The largest absolute Gasteiger partial charge is 0.484 e. The SMILES string of the molecule is COC(=O)C1COCCN1C(=O)COc1ccc(N)cc1. The Balaban J connectivity index is 1.94. The lowest BCUT2D eigenvalue weighted by Gasteiger charge is -2.33. The zero-order valence-corrected chi connectivity index (χ0v) is 11.8. The smallest absolute Gasteiger partial charge is 0.331 e. The van der Waals surface area contributed by atoms with E-state index in [0.29, 0.717) is 24.6 Å². The van der Waals surface area contributed by atoms with Gasteiger partial charge in [0.05, 0.1) is 20.3 Å². The standard InChI is InChI=1S/C14H18N2O5/c1-19-14(18)12-8-20-7-6-16(12)13(17)9-21-11-4-2-10(15)3-5-11/h2-5,12H,6-9,15H2,1H3. The maximum Gasteiger partial charge on any atom is 0.331 e. The number of carbonyl (C=O) groups excluding carboxylic acids is 2. The van der Waals surface area contributed by atoms with Crippen LogP contribution >= 0.6 is 0 Å². The Labute approximate surface area is 122 Å². The highest BCUT2D eigenvalue weighted by molar-refractivity contribution is 5.85. The van der Waals surface area contributed by atoms with Crippen LogP contribution in [0, 0.1) is 0 Å². The molecule has 1 unspecified atom stereocenters. The van der Waals surface area contributed by atoms with Crippen molar-refractivity contribution in [2.75, 3.05) is 39.2 Å². The molecule has 0 bridgehead atoms. The van der Waals surface area contributed by atoms with Gasteiger partial charge in [0.15, 0.2) is 12.6 Å². The number of hydrogen-bond donors (Lipinski definition) is 1. The van der Waals surface area contributed by atoms with E-state index in [-0.39, 0.29) is 19.1 Å². The van der Waals surface area contributed by atoms with Crippen molar-refractivity contribution in [2.45, 2.75) is 6.04 Å². The number of nitrogens with zero attached hydrogens (tertiary/aromatic N) is 1. The van der Waals surface area contributed by atoms with Crippen LogP contribution in [0.25, 0.3) is 0 Å². The molecule has 7 nitrogen and oxygen atoms in total. The Morgan fingerprint density at radius 2 is 2.10 bits per heavy atom. The highest BCUT2D eigenvalue weighted by Crippen LogP contribution is 2.14. The van der Waals surface area contributed by atoms with E-state index in [0.717, 1.165) is 0 Å². The summed E-state index contributed by atoms with van der Waals surface area (Å²) in [7, 11) is 1.28. The lowest BCUT2D eigenvalue weighted by molar-refractivity contribution is -0.161. The zero-order chi connectivity index (χ0) is 15.2. The molecule has 1 amide bonds. The molecule has 0 aromatic heterocycles. The highest BCUT2D eigenvalue weighted by atomic mass is 16.5. The number of esters is 1. The molecule has 1 saturated heterocycles. The van der Waals surface area contributed by atoms with Gasteiger partial charge in [-0.3, -0.25) is 4.79 Å². The number of hydrogen-bond acceptors (Lipinski definition) is 6. The monoisotopic (exact) mass is 294 g/mol. The first-order chi connectivity index (χ1) is 10.1. The third kappa shape index (κ3) is 3.85. The molecule has 21 heavy (non-hydrogen) atoms. The summed E-state index contributed by atoms with van der Waals surface area (Å²) in [4.78, 5) is 25.2. The summed E-state index contributed by atoms with van der Waals surface area (Å²) in [6, 6.07) is 6.02. The summed E-state index contributed by atoms with van der Waals surface area (Å²) in [6.45, 7) is 0.711. The summed E-state index contributed by atoms with van der Waals surface area (Å²) in [5, 5.41) is 0. The fourth-order valence-electron chi connectivity index (χ4n) is 2.03. The Bertz CT molecular complexity index is 503. The van der Waals surface area contributed by atoms with E-state index in [1.165, 1.54) is 12.0 Å². The molecule has 0 spiro atoms. The molecule has 1 aromatic carbocycles. The van der Waals surface area contributed by atoms with E-state index in [2.05, 4.69) is 4.74 Å². The van der Waals surface area contributed by atoms with Crippen molar-refractivity contribution in [1.29, 1.82) is 0 Å². The molecule has 1 fully saturated rings. The Hall–Kier alpha value is -2.28. The molecular formula is C14H18N2O5. The van der Waals surface area contributed by atoms with Crippen LogP contribution in [0.15, 0.2) is 24.3 Å². The third-order valence-electron chi connectivity index (χ3n) is 3.16. The van der Waals surface area contributed by atoms with Gasteiger partial charge in [-0.15, -0.1) is 0 Å². The van der Waals surface area contributed by atoms with Crippen molar-refractivity contribution in [3.8, 4) is 5.75 Å². The molecule has 1 aliphatic heterocycles. The van der Waals surface area contributed by atoms with Crippen LogP contribution in [0.5, 0.6) is 5.75 Å². The second kappa shape index (κ2) is 6.94. The summed E-state index contributed by atoms with van der Waals surface area (Å²) in [5.74, 6) is -0.235. The van der Waals surface area contributed by atoms with E-state index >= 15 is 0 Å². The number of nitrogens with two attached hydrogens (primary N) is 1. The number of benzene rings is 1. The molecule has 0 radical (unpaired) electrons. The highest BCUT2D eigenvalue weighted by Gasteiger charge is 2.33. The average Bonchev–Trinajstić information content (AvgIpc) is 2.53. The Kier molecular flexibility index (Phi) is 4.99. The first-order valence-electron chi connectivity index (χ1n) is 6.55. The molecule has 7 heteroatoms. The Morgan fingerprint density at radius 1 is 1.38 bits per heavy atom. The van der Waals surface area contributed by atoms with Gasteiger partial charge in [-0.1, -0.05) is 0 Å². The first-order valence-corrected chi connectivity index (χ1v) is 6.55. The van der Waals surface area contributed by atoms with Crippen LogP contribution in [0.3, 0.4) is 0 Å². The van der Waals surface area contributed by atoms with E-state index in [1.54, 1.807) is 24.3 Å². The van der Waals surface area contributed by atoms with Gasteiger partial charge in [0.25, 0.3) is 5.91 Å². The first kappa shape index (κ1) is 15.1. The zero-order valence-electron chi connectivity index (χ0n) is 11.8. The van der Waals surface area contributed by atoms with E-state index < -0.39 is 12.0 Å². The molecule has 1 aromatic rings. The minimum Gasteiger partial charge on any atom is -0.484 e. The van der Waals surface area contributed by atoms with Gasteiger partial charge in [0, 0.05) is 12.2 Å². The number of morpholine rings is 1. The third-order valence-corrected chi connectivity index (χ3v) is 3.16. The summed E-state index contributed by atoms with van der Waals surface area (Å²) >= 11 is 0. The van der Waals surface area contributed by atoms with E-state index in [9.17, 15) is 9.59 Å². The van der Waals surface area contributed by atoms with Crippen molar-refractivity contribution in [3.63, 3.8) is 0 Å². The van der Waals surface area contributed by atoms with Crippen LogP contribution in [-0.4, -0.2) is 56.3 Å². The van der Waals surface area contributed by atoms with Crippen molar-refractivity contribution in [3.05, 3.63) is 24.3 Å². The number of amides is 1. The topological polar surface area (TPSA) is 91.1 Å². The molecule has 1 aliphatic rings. The molecule has 1 atom stereocenters. The van der Waals surface area contributed by atoms with Gasteiger partial charge in [0.1, 0.15) is 5.75 Å². The summed E-state index contributed by atoms with van der Waals surface area (Å²) < 4.78 is 15.3. The molecule has 0 saturated carbocycles. The van der Waals surface area contributed by atoms with Crippen LogP contribution in [-0.2, 0) is 19.1 Å². The minimum absolute atomic E-state index is 0.139. The summed E-state index contributed by atoms with van der Waals surface area (Å²) in [5.41, 5.74) is 6.19. The van der Waals surface area contributed by atoms with E-state index in [4.69, 9.17) is 15.2 Å². The fraction of sp³-hybridized carbons (Fsp3) is 0.429. The van der Waals surface area contributed by atoms with Crippen molar-refractivity contribution >= 4 is 17.6 Å². The Morgan fingerprint density at radius 3 is 2.76 bits per heavy atom. The van der Waals surface area contributed by atoms with Crippen molar-refractivity contribution < 1.29 is 23.8 Å². The summed E-state index contributed by atoms with van der Waals surface area (Å²) in [6.07, 6.45) is 0. The molecular weight excluding hydrogens is 276 g/mol. The average molecular weight is 294 g/mol. The second-order valence-corrected chi connectivity index (χ2v) is 4.56. The number of carbonyl (C=O) groups is 2. The van der Waals surface area contributed by atoms with Gasteiger partial charge in [-0.05, 0) is 24.3 Å². The molecule has 2 N–H and O–H groups in total. The van der Waals surface area contributed by atoms with Gasteiger partial charge in [-0.25, -0.2) is 4.79 Å². The number of rotatable bonds is 4. The second-order valence-electron chi connectivity index (χ2n) is 4.56. The van der Waals surface area contributed by atoms with Crippen LogP contribution in [0.4, 0.5) is 5.69 Å². The quantitative estimate of drug-likeness (QED) is 0.623. The van der Waals surface area contributed by atoms with Crippen LogP contribution in [0.1, 0.15) is 0 Å². The number of anilines is 1. The molecule has 0 aliphatic carbocycles. The number of ether oxygens (including phenoxy) is 3. The normalized spacial score (nSPS) is 18.1. The predicted molar refractivity (Wildman–Crippen MR) is 74.7 cm³/mol. The molecule has 114 valence electrons. The number of methoxy groups -OCH3 is 1. The lowest BCUT2D eigenvalue weighted by atomic mass is 10.2. The minimum atomic E-state index is -0.716. The number of nitrogen functional groups attached to an aromatic ring is 1. The van der Waals surface area contributed by atoms with Gasteiger partial charge < -0.3 is 24.8 Å². The maximum absolute atomic E-state index is 12.2. The van der Waals surface area contributed by atoms with Gasteiger partial charge in [0.2, 0.25) is 0 Å². The fourth-order valence-corrected chi connectivity index (χ4v) is 2.03. The lowest BCUT2D eigenvalue weighted by Crippen LogP contribution is -2.54. The van der Waals surface area contributed by atoms with Crippen LogP contribution in [0.2, 0.25) is 0 Å². The van der Waals surface area contributed by atoms with E-state index in [1.807, 2.05) is 0 Å². The maximum atomic E-state index is 12.2. The van der Waals surface area contributed by atoms with Crippen molar-refractivity contribution in [1.82, 2.24) is 4.90 Å². The van der Waals surface area contributed by atoms with Crippen molar-refractivity contribution in [2.24, 2.45) is 0 Å². The molecule has 1 heterocycles. The predicted octanol–water partition coefficient (Wildman–Crippen LogP) is 0.0480.